The van der Waals surface area contributed by atoms with E-state index in [9.17, 15) is 14.4 Å². The predicted molar refractivity (Wildman–Crippen MR) is 84.3 cm³/mol. The van der Waals surface area contributed by atoms with E-state index in [-0.39, 0.29) is 23.8 Å². The molecule has 1 atom stereocenters. The van der Waals surface area contributed by atoms with Gasteiger partial charge in [0.2, 0.25) is 0 Å². The summed E-state index contributed by atoms with van der Waals surface area (Å²) in [6.07, 6.45) is 2.72. The van der Waals surface area contributed by atoms with E-state index < -0.39 is 11.5 Å². The van der Waals surface area contributed by atoms with Crippen molar-refractivity contribution in [2.75, 3.05) is 0 Å². The molecule has 118 valence electrons. The van der Waals surface area contributed by atoms with Gasteiger partial charge in [-0.15, -0.1) is 0 Å². The number of ketones is 1. The van der Waals surface area contributed by atoms with Crippen molar-refractivity contribution in [2.24, 2.45) is 5.92 Å². The standard InChI is InChI=1S/C17H17N3O3/c1-10-6-14-12(15(21)7-10)8-13(17(23)20-14)16(22)19-9-11-4-2-3-5-18-11/h2-5,8,10H,6-7,9H2,1H3,(H,19,22)(H,20,23). The van der Waals surface area contributed by atoms with Gasteiger partial charge in [0.25, 0.3) is 11.5 Å². The van der Waals surface area contributed by atoms with E-state index >= 15 is 0 Å². The second-order valence-electron chi connectivity index (χ2n) is 5.84. The van der Waals surface area contributed by atoms with Crippen molar-refractivity contribution in [1.82, 2.24) is 15.3 Å². The van der Waals surface area contributed by atoms with E-state index in [0.717, 1.165) is 0 Å². The zero-order valence-corrected chi connectivity index (χ0v) is 12.8. The Morgan fingerprint density at radius 3 is 2.91 bits per heavy atom. The number of Topliss-reactive ketones (excluding diaryl/α,β-unsaturated/α-hetero) is 1. The second-order valence-corrected chi connectivity index (χ2v) is 5.84. The van der Waals surface area contributed by atoms with E-state index in [1.54, 1.807) is 18.3 Å². The monoisotopic (exact) mass is 311 g/mol. The second kappa shape index (κ2) is 6.16. The quantitative estimate of drug-likeness (QED) is 0.897. The Morgan fingerprint density at radius 2 is 2.17 bits per heavy atom. The SMILES string of the molecule is CC1CC(=O)c2cc(C(=O)NCc3ccccn3)c(=O)[nH]c2C1. The van der Waals surface area contributed by atoms with Gasteiger partial charge in [-0.1, -0.05) is 13.0 Å². The molecule has 0 fully saturated rings. The number of hydrogen-bond acceptors (Lipinski definition) is 4. The molecule has 0 radical (unpaired) electrons. The highest BCUT2D eigenvalue weighted by Gasteiger charge is 2.25. The lowest BCUT2D eigenvalue weighted by atomic mass is 9.86. The minimum atomic E-state index is -0.508. The number of pyridine rings is 2. The van der Waals surface area contributed by atoms with Crippen molar-refractivity contribution in [3.8, 4) is 0 Å². The molecule has 0 aliphatic heterocycles. The summed E-state index contributed by atoms with van der Waals surface area (Å²) < 4.78 is 0. The van der Waals surface area contributed by atoms with Crippen LogP contribution in [0.5, 0.6) is 0 Å². The average molecular weight is 311 g/mol. The van der Waals surface area contributed by atoms with E-state index in [1.165, 1.54) is 6.07 Å². The Labute approximate surface area is 133 Å². The highest BCUT2D eigenvalue weighted by atomic mass is 16.2. The maximum atomic E-state index is 12.2. The van der Waals surface area contributed by atoms with Crippen molar-refractivity contribution >= 4 is 11.7 Å². The van der Waals surface area contributed by atoms with Crippen LogP contribution >= 0.6 is 0 Å². The van der Waals surface area contributed by atoms with Crippen LogP contribution in [0.3, 0.4) is 0 Å². The van der Waals surface area contributed by atoms with Crippen LogP contribution in [0.1, 0.15) is 45.4 Å². The zero-order valence-electron chi connectivity index (χ0n) is 12.8. The topological polar surface area (TPSA) is 91.9 Å². The molecule has 2 heterocycles. The summed E-state index contributed by atoms with van der Waals surface area (Å²) in [5, 5.41) is 2.65. The van der Waals surface area contributed by atoms with Gasteiger partial charge in [-0.05, 0) is 30.5 Å². The number of amides is 1. The molecule has 0 aromatic carbocycles. The molecular weight excluding hydrogens is 294 g/mol. The van der Waals surface area contributed by atoms with Crippen LogP contribution < -0.4 is 10.9 Å². The molecule has 6 nitrogen and oxygen atoms in total. The average Bonchev–Trinajstić information content (AvgIpc) is 2.53. The van der Waals surface area contributed by atoms with Crippen molar-refractivity contribution in [2.45, 2.75) is 26.3 Å². The smallest absolute Gasteiger partial charge is 0.261 e. The number of H-pyrrole nitrogens is 1. The maximum Gasteiger partial charge on any atom is 0.261 e. The van der Waals surface area contributed by atoms with Gasteiger partial charge in [0.05, 0.1) is 12.2 Å². The van der Waals surface area contributed by atoms with Gasteiger partial charge in [-0.25, -0.2) is 0 Å². The molecule has 1 amide bonds. The van der Waals surface area contributed by atoms with Gasteiger partial charge in [0, 0.05) is 23.9 Å². The molecule has 3 rings (SSSR count). The minimum absolute atomic E-state index is 0.0335. The molecule has 0 bridgehead atoms. The third kappa shape index (κ3) is 3.21. The number of carbonyl (C=O) groups is 2. The number of fused-ring (bicyclic) bond motifs is 1. The van der Waals surface area contributed by atoms with Crippen LogP contribution in [0.2, 0.25) is 0 Å². The van der Waals surface area contributed by atoms with Crippen molar-refractivity contribution in [3.63, 3.8) is 0 Å². The fraction of sp³-hybridized carbons (Fsp3) is 0.294. The largest absolute Gasteiger partial charge is 0.346 e. The summed E-state index contributed by atoms with van der Waals surface area (Å²) >= 11 is 0. The number of hydrogen-bond donors (Lipinski definition) is 2. The summed E-state index contributed by atoms with van der Waals surface area (Å²) in [6, 6.07) is 6.80. The number of aromatic nitrogens is 2. The Hall–Kier alpha value is -2.76. The molecule has 2 N–H and O–H groups in total. The van der Waals surface area contributed by atoms with E-state index in [1.807, 2.05) is 13.0 Å². The zero-order chi connectivity index (χ0) is 16.4. The summed E-state index contributed by atoms with van der Waals surface area (Å²) in [5.41, 5.74) is 1.26. The van der Waals surface area contributed by atoms with Crippen LogP contribution in [0.25, 0.3) is 0 Å². The minimum Gasteiger partial charge on any atom is -0.346 e. The molecule has 0 saturated heterocycles. The molecule has 2 aromatic rings. The van der Waals surface area contributed by atoms with Crippen molar-refractivity contribution in [3.05, 3.63) is 63.3 Å². The normalized spacial score (nSPS) is 16.7. The number of carbonyl (C=O) groups excluding carboxylic acids is 2. The first-order chi connectivity index (χ1) is 11.0. The van der Waals surface area contributed by atoms with Crippen molar-refractivity contribution < 1.29 is 9.59 Å². The van der Waals surface area contributed by atoms with Crippen LogP contribution in [-0.2, 0) is 13.0 Å². The lowest BCUT2D eigenvalue weighted by molar-refractivity contribution is 0.0948. The number of nitrogens with one attached hydrogen (secondary N) is 2. The molecule has 1 unspecified atom stereocenters. The molecule has 23 heavy (non-hydrogen) atoms. The van der Waals surface area contributed by atoms with E-state index in [0.29, 0.717) is 29.8 Å². The fourth-order valence-electron chi connectivity index (χ4n) is 2.76. The van der Waals surface area contributed by atoms with Crippen LogP contribution in [0.4, 0.5) is 0 Å². The first-order valence-corrected chi connectivity index (χ1v) is 7.52. The highest BCUT2D eigenvalue weighted by molar-refractivity contribution is 6.01. The highest BCUT2D eigenvalue weighted by Crippen LogP contribution is 2.23. The Morgan fingerprint density at radius 1 is 1.35 bits per heavy atom. The molecule has 1 aliphatic rings. The van der Waals surface area contributed by atoms with E-state index in [4.69, 9.17) is 0 Å². The third-order valence-electron chi connectivity index (χ3n) is 3.91. The number of aromatic amines is 1. The van der Waals surface area contributed by atoms with Gasteiger partial charge in [0.15, 0.2) is 5.78 Å². The fourth-order valence-corrected chi connectivity index (χ4v) is 2.76. The van der Waals surface area contributed by atoms with Gasteiger partial charge in [-0.2, -0.15) is 0 Å². The van der Waals surface area contributed by atoms with Gasteiger partial charge >= 0.3 is 0 Å². The summed E-state index contributed by atoms with van der Waals surface area (Å²) in [4.78, 5) is 43.2. The third-order valence-corrected chi connectivity index (χ3v) is 3.91. The molecular formula is C17H17N3O3. The van der Waals surface area contributed by atoms with Gasteiger partial charge < -0.3 is 10.3 Å². The van der Waals surface area contributed by atoms with Crippen LogP contribution in [0, 0.1) is 5.92 Å². The Bertz CT molecular complexity index is 812. The Kier molecular flexibility index (Phi) is 4.06. The molecule has 6 heteroatoms. The summed E-state index contributed by atoms with van der Waals surface area (Å²) in [7, 11) is 0. The predicted octanol–water partition coefficient (Wildman–Crippen LogP) is 1.46. The molecule has 0 saturated carbocycles. The number of rotatable bonds is 3. The number of nitrogens with zero attached hydrogens (tertiary/aromatic N) is 1. The van der Waals surface area contributed by atoms with Gasteiger partial charge in [0.1, 0.15) is 5.56 Å². The molecule has 0 spiro atoms. The lowest BCUT2D eigenvalue weighted by Gasteiger charge is -2.20. The van der Waals surface area contributed by atoms with Crippen LogP contribution in [-0.4, -0.2) is 21.7 Å². The van der Waals surface area contributed by atoms with Crippen molar-refractivity contribution in [1.29, 1.82) is 0 Å². The summed E-state index contributed by atoms with van der Waals surface area (Å²) in [5.74, 6) is -0.339. The first-order valence-electron chi connectivity index (χ1n) is 7.52. The molecule has 2 aromatic heterocycles. The Balaban J connectivity index is 1.83. The first kappa shape index (κ1) is 15.1. The summed E-state index contributed by atoms with van der Waals surface area (Å²) in [6.45, 7) is 2.19. The maximum absolute atomic E-state index is 12.2. The van der Waals surface area contributed by atoms with Crippen LogP contribution in [0.15, 0.2) is 35.3 Å². The lowest BCUT2D eigenvalue weighted by Crippen LogP contribution is -2.32. The molecule has 1 aliphatic carbocycles. The van der Waals surface area contributed by atoms with Gasteiger partial charge in [-0.3, -0.25) is 19.4 Å². The van der Waals surface area contributed by atoms with E-state index in [2.05, 4.69) is 15.3 Å².